The van der Waals surface area contributed by atoms with Crippen LogP contribution in [0.25, 0.3) is 11.0 Å². The first kappa shape index (κ1) is 14.6. The van der Waals surface area contributed by atoms with Gasteiger partial charge in [0.25, 0.3) is 0 Å². The van der Waals surface area contributed by atoms with Crippen molar-refractivity contribution in [1.29, 1.82) is 0 Å². The van der Waals surface area contributed by atoms with Gasteiger partial charge in [-0.1, -0.05) is 0 Å². The van der Waals surface area contributed by atoms with E-state index in [4.69, 9.17) is 0 Å². The second-order valence-corrected chi connectivity index (χ2v) is 7.00. The average Bonchev–Trinajstić information content (AvgIpc) is 3.10. The van der Waals surface area contributed by atoms with Gasteiger partial charge in [-0.15, -0.1) is 5.10 Å². The van der Waals surface area contributed by atoms with Crippen molar-refractivity contribution in [2.45, 2.75) is 25.7 Å². The van der Waals surface area contributed by atoms with Crippen molar-refractivity contribution in [3.05, 3.63) is 35.9 Å². The zero-order valence-corrected chi connectivity index (χ0v) is 14.1. The fourth-order valence-electron chi connectivity index (χ4n) is 3.77. The molecular formula is C18H21N7. The van der Waals surface area contributed by atoms with Crippen LogP contribution in [0.2, 0.25) is 0 Å². The minimum Gasteiger partial charge on any atom is -0.369 e. The summed E-state index contributed by atoms with van der Waals surface area (Å²) in [5, 5.41) is 13.4. The van der Waals surface area contributed by atoms with E-state index >= 15 is 0 Å². The molecule has 5 rings (SSSR count). The van der Waals surface area contributed by atoms with Crippen molar-refractivity contribution >= 4 is 22.7 Å². The lowest BCUT2D eigenvalue weighted by Gasteiger charge is -2.40. The molecule has 2 aliphatic rings. The number of fused-ring (bicyclic) bond motifs is 2. The molecule has 0 aromatic carbocycles. The minimum absolute atomic E-state index is 0.599. The summed E-state index contributed by atoms with van der Waals surface area (Å²) in [7, 11) is 0. The molecule has 1 aliphatic carbocycles. The molecule has 0 unspecified atom stereocenters. The Bertz CT molecular complexity index is 897. The standard InChI is InChI=1S/C18H21N7/c1-2-4-15-13(3-1)7-16(24-23-15)25-9-12(10-25)8-20-18-14-5-6-19-17(14)21-11-22-18/h5-7,11-12H,1-4,8-10H2,(H2,19,20,21,22). The van der Waals surface area contributed by atoms with Gasteiger partial charge in [-0.2, -0.15) is 5.10 Å². The van der Waals surface area contributed by atoms with Gasteiger partial charge in [-0.3, -0.25) is 0 Å². The van der Waals surface area contributed by atoms with Crippen LogP contribution in [-0.2, 0) is 12.8 Å². The Balaban J connectivity index is 1.20. The number of nitrogens with zero attached hydrogens (tertiary/aromatic N) is 5. The molecule has 2 N–H and O–H groups in total. The topological polar surface area (TPSA) is 82.6 Å². The van der Waals surface area contributed by atoms with Gasteiger partial charge in [0.1, 0.15) is 17.8 Å². The lowest BCUT2D eigenvalue weighted by atomic mass is 9.95. The number of aromatic nitrogens is 5. The summed E-state index contributed by atoms with van der Waals surface area (Å²) in [5.74, 6) is 2.53. The summed E-state index contributed by atoms with van der Waals surface area (Å²) in [6.45, 7) is 2.94. The second kappa shape index (κ2) is 5.98. The van der Waals surface area contributed by atoms with Crippen molar-refractivity contribution in [2.24, 2.45) is 5.92 Å². The Kier molecular flexibility index (Phi) is 3.50. The number of anilines is 2. The van der Waals surface area contributed by atoms with Crippen molar-refractivity contribution in [3.63, 3.8) is 0 Å². The number of aromatic amines is 1. The van der Waals surface area contributed by atoms with Crippen LogP contribution in [0, 0.1) is 5.92 Å². The first-order chi connectivity index (χ1) is 12.4. The first-order valence-electron chi connectivity index (χ1n) is 8.99. The Morgan fingerprint density at radius 1 is 1.16 bits per heavy atom. The number of rotatable bonds is 4. The molecule has 1 aliphatic heterocycles. The summed E-state index contributed by atoms with van der Waals surface area (Å²) in [5.41, 5.74) is 3.47. The Morgan fingerprint density at radius 3 is 3.04 bits per heavy atom. The highest BCUT2D eigenvalue weighted by atomic mass is 15.3. The van der Waals surface area contributed by atoms with Crippen LogP contribution >= 0.6 is 0 Å². The summed E-state index contributed by atoms with van der Waals surface area (Å²) in [6, 6.07) is 4.26. The maximum Gasteiger partial charge on any atom is 0.151 e. The monoisotopic (exact) mass is 335 g/mol. The maximum absolute atomic E-state index is 4.44. The molecule has 4 heterocycles. The molecule has 0 amide bonds. The molecular weight excluding hydrogens is 314 g/mol. The van der Waals surface area contributed by atoms with Gasteiger partial charge in [-0.05, 0) is 43.4 Å². The van der Waals surface area contributed by atoms with Gasteiger partial charge < -0.3 is 15.2 Å². The highest BCUT2D eigenvalue weighted by molar-refractivity contribution is 5.86. The number of H-pyrrole nitrogens is 1. The van der Waals surface area contributed by atoms with Crippen LogP contribution < -0.4 is 10.2 Å². The fourth-order valence-corrected chi connectivity index (χ4v) is 3.77. The molecule has 3 aromatic heterocycles. The Hall–Kier alpha value is -2.70. The Morgan fingerprint density at radius 2 is 2.08 bits per heavy atom. The van der Waals surface area contributed by atoms with E-state index in [0.29, 0.717) is 5.92 Å². The summed E-state index contributed by atoms with van der Waals surface area (Å²) < 4.78 is 0. The largest absolute Gasteiger partial charge is 0.369 e. The van der Waals surface area contributed by atoms with Gasteiger partial charge in [0, 0.05) is 31.7 Å². The molecule has 128 valence electrons. The lowest BCUT2D eigenvalue weighted by Crippen LogP contribution is -2.50. The highest BCUT2D eigenvalue weighted by Gasteiger charge is 2.28. The van der Waals surface area contributed by atoms with Gasteiger partial charge in [0.05, 0.1) is 11.1 Å². The number of aryl methyl sites for hydroxylation is 2. The number of hydrogen-bond acceptors (Lipinski definition) is 6. The quantitative estimate of drug-likeness (QED) is 0.760. The fraction of sp³-hybridized carbons (Fsp3) is 0.444. The van der Waals surface area contributed by atoms with E-state index in [0.717, 1.165) is 55.1 Å². The predicted octanol–water partition coefficient (Wildman–Crippen LogP) is 2.17. The number of hydrogen-bond donors (Lipinski definition) is 2. The summed E-state index contributed by atoms with van der Waals surface area (Å²) >= 11 is 0. The van der Waals surface area contributed by atoms with Gasteiger partial charge in [-0.25, -0.2) is 9.97 Å². The zero-order chi connectivity index (χ0) is 16.6. The van der Waals surface area contributed by atoms with Gasteiger partial charge >= 0.3 is 0 Å². The maximum atomic E-state index is 4.44. The first-order valence-corrected chi connectivity index (χ1v) is 8.99. The van der Waals surface area contributed by atoms with E-state index in [-0.39, 0.29) is 0 Å². The average molecular weight is 335 g/mol. The molecule has 0 spiro atoms. The second-order valence-electron chi connectivity index (χ2n) is 7.00. The third-order valence-electron chi connectivity index (χ3n) is 5.25. The SMILES string of the molecule is c1nc(NCC2CN(c3cc4c(nn3)CCCC4)C2)c2cc[nH]c2n1. The van der Waals surface area contributed by atoms with Crippen LogP contribution in [0.15, 0.2) is 24.7 Å². The minimum atomic E-state index is 0.599. The smallest absolute Gasteiger partial charge is 0.151 e. The summed E-state index contributed by atoms with van der Waals surface area (Å²) in [6.07, 6.45) is 8.24. The van der Waals surface area contributed by atoms with E-state index < -0.39 is 0 Å². The van der Waals surface area contributed by atoms with E-state index in [1.165, 1.54) is 24.1 Å². The molecule has 0 bridgehead atoms. The molecule has 1 fully saturated rings. The van der Waals surface area contributed by atoms with Crippen molar-refractivity contribution < 1.29 is 0 Å². The molecule has 0 atom stereocenters. The predicted molar refractivity (Wildman–Crippen MR) is 96.8 cm³/mol. The molecule has 25 heavy (non-hydrogen) atoms. The van der Waals surface area contributed by atoms with Crippen molar-refractivity contribution in [3.8, 4) is 0 Å². The van der Waals surface area contributed by atoms with Gasteiger partial charge in [0.15, 0.2) is 5.82 Å². The lowest BCUT2D eigenvalue weighted by molar-refractivity contribution is 0.424. The normalized spacial score (nSPS) is 17.4. The molecule has 0 radical (unpaired) electrons. The van der Waals surface area contributed by atoms with E-state index in [9.17, 15) is 0 Å². The van der Waals surface area contributed by atoms with Crippen LogP contribution in [0.3, 0.4) is 0 Å². The molecule has 0 saturated carbocycles. The molecule has 7 nitrogen and oxygen atoms in total. The highest BCUT2D eigenvalue weighted by Crippen LogP contribution is 2.27. The number of nitrogens with one attached hydrogen (secondary N) is 2. The van der Waals surface area contributed by atoms with Crippen LogP contribution in [0.1, 0.15) is 24.1 Å². The van der Waals surface area contributed by atoms with E-state index in [1.807, 2.05) is 12.3 Å². The third kappa shape index (κ3) is 2.69. The zero-order valence-electron chi connectivity index (χ0n) is 14.1. The Labute approximate surface area is 145 Å². The van der Waals surface area contributed by atoms with Crippen molar-refractivity contribution in [1.82, 2.24) is 25.1 Å². The van der Waals surface area contributed by atoms with Crippen LogP contribution in [-0.4, -0.2) is 44.8 Å². The van der Waals surface area contributed by atoms with Crippen LogP contribution in [0.4, 0.5) is 11.6 Å². The van der Waals surface area contributed by atoms with Crippen molar-refractivity contribution in [2.75, 3.05) is 29.9 Å². The van der Waals surface area contributed by atoms with Crippen LogP contribution in [0.5, 0.6) is 0 Å². The third-order valence-corrected chi connectivity index (χ3v) is 5.25. The molecule has 1 saturated heterocycles. The van der Waals surface area contributed by atoms with E-state index in [1.54, 1.807) is 6.33 Å². The molecule has 3 aromatic rings. The summed E-state index contributed by atoms with van der Waals surface area (Å²) in [4.78, 5) is 14.0. The van der Waals surface area contributed by atoms with Gasteiger partial charge in [0.2, 0.25) is 0 Å². The van der Waals surface area contributed by atoms with E-state index in [2.05, 4.69) is 41.4 Å². The molecule has 7 heteroatoms.